The van der Waals surface area contributed by atoms with E-state index in [1.165, 1.54) is 0 Å². The SMILES string of the molecule is C[C@@H]1CN(C(=O)[C@@H](C)Nc2ccc(Oc3ccccc3)cc2)C[C@@H](C)O1. The molecular weight excluding hydrogens is 328 g/mol. The molecule has 0 spiro atoms. The van der Waals surface area contributed by atoms with Gasteiger partial charge < -0.3 is 19.7 Å². The smallest absolute Gasteiger partial charge is 0.244 e. The van der Waals surface area contributed by atoms with Gasteiger partial charge in [-0.3, -0.25) is 4.79 Å². The number of carbonyl (C=O) groups is 1. The number of nitrogens with zero attached hydrogens (tertiary/aromatic N) is 1. The number of nitrogens with one attached hydrogen (secondary N) is 1. The first-order valence-corrected chi connectivity index (χ1v) is 9.05. The maximum atomic E-state index is 12.7. The summed E-state index contributed by atoms with van der Waals surface area (Å²) >= 11 is 0. The fourth-order valence-electron chi connectivity index (χ4n) is 3.19. The summed E-state index contributed by atoms with van der Waals surface area (Å²) in [7, 11) is 0. The van der Waals surface area contributed by atoms with Gasteiger partial charge in [-0.2, -0.15) is 0 Å². The minimum atomic E-state index is -0.298. The first-order chi connectivity index (χ1) is 12.5. The first-order valence-electron chi connectivity index (χ1n) is 9.05. The number of hydrogen-bond donors (Lipinski definition) is 1. The number of morpholine rings is 1. The van der Waals surface area contributed by atoms with E-state index in [4.69, 9.17) is 9.47 Å². The summed E-state index contributed by atoms with van der Waals surface area (Å²) in [5.41, 5.74) is 0.889. The molecular formula is C21H26N2O3. The molecule has 1 aliphatic rings. The van der Waals surface area contributed by atoms with Gasteiger partial charge in [-0.25, -0.2) is 0 Å². The molecule has 1 heterocycles. The highest BCUT2D eigenvalue weighted by atomic mass is 16.5. The van der Waals surface area contributed by atoms with E-state index in [2.05, 4.69) is 5.32 Å². The molecule has 1 amide bonds. The number of anilines is 1. The number of amides is 1. The average Bonchev–Trinajstić information content (AvgIpc) is 2.63. The summed E-state index contributed by atoms with van der Waals surface area (Å²) in [6.45, 7) is 7.17. The quantitative estimate of drug-likeness (QED) is 0.884. The van der Waals surface area contributed by atoms with Crippen LogP contribution < -0.4 is 10.1 Å². The van der Waals surface area contributed by atoms with Gasteiger partial charge >= 0.3 is 0 Å². The third-order valence-electron chi connectivity index (χ3n) is 4.32. The monoisotopic (exact) mass is 354 g/mol. The lowest BCUT2D eigenvalue weighted by Gasteiger charge is -2.36. The predicted octanol–water partition coefficient (Wildman–Crippen LogP) is 3.92. The molecule has 2 aromatic carbocycles. The van der Waals surface area contributed by atoms with Crippen molar-refractivity contribution < 1.29 is 14.3 Å². The summed E-state index contributed by atoms with van der Waals surface area (Å²) in [4.78, 5) is 14.6. The summed E-state index contributed by atoms with van der Waals surface area (Å²) < 4.78 is 11.5. The summed E-state index contributed by atoms with van der Waals surface area (Å²) in [5.74, 6) is 1.65. The van der Waals surface area contributed by atoms with Crippen molar-refractivity contribution in [3.8, 4) is 11.5 Å². The van der Waals surface area contributed by atoms with Gasteiger partial charge in [-0.1, -0.05) is 18.2 Å². The Morgan fingerprint density at radius 1 is 1.04 bits per heavy atom. The Hall–Kier alpha value is -2.53. The molecule has 0 aromatic heterocycles. The van der Waals surface area contributed by atoms with E-state index in [0.717, 1.165) is 17.2 Å². The minimum Gasteiger partial charge on any atom is -0.457 e. The number of para-hydroxylation sites is 1. The van der Waals surface area contributed by atoms with E-state index >= 15 is 0 Å². The zero-order valence-electron chi connectivity index (χ0n) is 15.5. The summed E-state index contributed by atoms with van der Waals surface area (Å²) in [6, 6.07) is 17.0. The van der Waals surface area contributed by atoms with Crippen molar-refractivity contribution in [1.82, 2.24) is 4.90 Å². The fraction of sp³-hybridized carbons (Fsp3) is 0.381. The van der Waals surface area contributed by atoms with Crippen molar-refractivity contribution in [3.05, 3.63) is 54.6 Å². The molecule has 5 heteroatoms. The van der Waals surface area contributed by atoms with E-state index in [1.807, 2.05) is 80.3 Å². The van der Waals surface area contributed by atoms with Gasteiger partial charge in [0.25, 0.3) is 0 Å². The second kappa shape index (κ2) is 8.23. The number of hydrogen-bond acceptors (Lipinski definition) is 4. The Kier molecular flexibility index (Phi) is 5.78. The van der Waals surface area contributed by atoms with Gasteiger partial charge in [-0.05, 0) is 57.2 Å². The molecule has 1 saturated heterocycles. The lowest BCUT2D eigenvalue weighted by atomic mass is 10.2. The molecule has 5 nitrogen and oxygen atoms in total. The lowest BCUT2D eigenvalue weighted by molar-refractivity contribution is -0.143. The predicted molar refractivity (Wildman–Crippen MR) is 103 cm³/mol. The second-order valence-corrected chi connectivity index (χ2v) is 6.81. The van der Waals surface area contributed by atoms with E-state index in [9.17, 15) is 4.79 Å². The van der Waals surface area contributed by atoms with E-state index in [0.29, 0.717) is 13.1 Å². The van der Waals surface area contributed by atoms with Crippen LogP contribution in [-0.2, 0) is 9.53 Å². The molecule has 3 atom stereocenters. The normalized spacial score (nSPS) is 21.1. The van der Waals surface area contributed by atoms with Crippen LogP contribution in [0.5, 0.6) is 11.5 Å². The van der Waals surface area contributed by atoms with Crippen LogP contribution in [0, 0.1) is 0 Å². The highest BCUT2D eigenvalue weighted by Gasteiger charge is 2.28. The molecule has 0 aliphatic carbocycles. The Bertz CT molecular complexity index is 708. The Morgan fingerprint density at radius 3 is 2.23 bits per heavy atom. The number of rotatable bonds is 5. The molecule has 0 saturated carbocycles. The average molecular weight is 354 g/mol. The van der Waals surface area contributed by atoms with Gasteiger partial charge in [0.15, 0.2) is 0 Å². The standard InChI is InChI=1S/C21H26N2O3/c1-15-13-23(14-16(2)25-15)21(24)17(3)22-18-9-11-20(12-10-18)26-19-7-5-4-6-8-19/h4-12,15-17,22H,13-14H2,1-3H3/t15-,16-,17-/m1/s1. The van der Waals surface area contributed by atoms with Crippen LogP contribution in [0.15, 0.2) is 54.6 Å². The molecule has 1 N–H and O–H groups in total. The van der Waals surface area contributed by atoms with Gasteiger partial charge in [0.1, 0.15) is 17.5 Å². The van der Waals surface area contributed by atoms with Crippen molar-refractivity contribution in [2.75, 3.05) is 18.4 Å². The molecule has 138 valence electrons. The molecule has 0 radical (unpaired) electrons. The molecule has 1 aliphatic heterocycles. The number of ether oxygens (including phenoxy) is 2. The van der Waals surface area contributed by atoms with Crippen LogP contribution in [-0.4, -0.2) is 42.1 Å². The Morgan fingerprint density at radius 2 is 1.62 bits per heavy atom. The van der Waals surface area contributed by atoms with Crippen LogP contribution in [0.2, 0.25) is 0 Å². The molecule has 0 unspecified atom stereocenters. The fourth-order valence-corrected chi connectivity index (χ4v) is 3.19. The third-order valence-corrected chi connectivity index (χ3v) is 4.32. The third kappa shape index (κ3) is 4.76. The van der Waals surface area contributed by atoms with E-state index in [1.54, 1.807) is 0 Å². The molecule has 1 fully saturated rings. The van der Waals surface area contributed by atoms with Crippen LogP contribution in [0.3, 0.4) is 0 Å². The van der Waals surface area contributed by atoms with Crippen molar-refractivity contribution in [2.45, 2.75) is 39.0 Å². The van der Waals surface area contributed by atoms with Gasteiger partial charge in [0.2, 0.25) is 5.91 Å². The van der Waals surface area contributed by atoms with Gasteiger partial charge in [0, 0.05) is 18.8 Å². The highest BCUT2D eigenvalue weighted by Crippen LogP contribution is 2.23. The Labute approximate surface area is 154 Å². The van der Waals surface area contributed by atoms with Gasteiger partial charge in [0.05, 0.1) is 12.2 Å². The lowest BCUT2D eigenvalue weighted by Crippen LogP contribution is -2.52. The summed E-state index contributed by atoms with van der Waals surface area (Å²) in [6.07, 6.45) is 0.147. The first kappa shape index (κ1) is 18.3. The van der Waals surface area contributed by atoms with Crippen molar-refractivity contribution in [3.63, 3.8) is 0 Å². The number of carbonyl (C=O) groups excluding carboxylic acids is 1. The molecule has 3 rings (SSSR count). The van der Waals surface area contributed by atoms with Gasteiger partial charge in [-0.15, -0.1) is 0 Å². The van der Waals surface area contributed by atoms with Crippen LogP contribution in [0.25, 0.3) is 0 Å². The van der Waals surface area contributed by atoms with E-state index < -0.39 is 0 Å². The zero-order valence-corrected chi connectivity index (χ0v) is 15.5. The van der Waals surface area contributed by atoms with Crippen molar-refractivity contribution in [1.29, 1.82) is 0 Å². The van der Waals surface area contributed by atoms with Crippen LogP contribution in [0.1, 0.15) is 20.8 Å². The molecule has 0 bridgehead atoms. The van der Waals surface area contributed by atoms with Crippen molar-refractivity contribution in [2.24, 2.45) is 0 Å². The van der Waals surface area contributed by atoms with Crippen LogP contribution in [0.4, 0.5) is 5.69 Å². The highest BCUT2D eigenvalue weighted by molar-refractivity contribution is 5.84. The maximum Gasteiger partial charge on any atom is 0.244 e. The molecule has 26 heavy (non-hydrogen) atoms. The number of benzene rings is 2. The maximum absolute atomic E-state index is 12.7. The Balaban J connectivity index is 1.57. The van der Waals surface area contributed by atoms with E-state index in [-0.39, 0.29) is 24.2 Å². The minimum absolute atomic E-state index is 0.0734. The molecule has 2 aromatic rings. The second-order valence-electron chi connectivity index (χ2n) is 6.81. The largest absolute Gasteiger partial charge is 0.457 e. The topological polar surface area (TPSA) is 50.8 Å². The van der Waals surface area contributed by atoms with Crippen LogP contribution >= 0.6 is 0 Å². The zero-order chi connectivity index (χ0) is 18.5. The van der Waals surface area contributed by atoms with Crippen molar-refractivity contribution >= 4 is 11.6 Å². The summed E-state index contributed by atoms with van der Waals surface area (Å²) in [5, 5.41) is 3.27.